The van der Waals surface area contributed by atoms with Crippen molar-refractivity contribution in [2.75, 3.05) is 19.8 Å². The van der Waals surface area contributed by atoms with Crippen LogP contribution < -0.4 is 0 Å². The molecule has 222 valence electrons. The fourth-order valence-electron chi connectivity index (χ4n) is 4.98. The van der Waals surface area contributed by atoms with E-state index >= 15 is 8.78 Å². The third-order valence-electron chi connectivity index (χ3n) is 7.50. The third kappa shape index (κ3) is 9.91. The number of carbonyl (C=O) groups is 1. The lowest BCUT2D eigenvalue weighted by atomic mass is 9.99. The van der Waals surface area contributed by atoms with Crippen LogP contribution in [0, 0.1) is 17.6 Å². The van der Waals surface area contributed by atoms with E-state index in [-0.39, 0.29) is 29.2 Å². The molecule has 1 heterocycles. The van der Waals surface area contributed by atoms with Crippen LogP contribution in [0.5, 0.6) is 0 Å². The van der Waals surface area contributed by atoms with E-state index in [2.05, 4.69) is 13.8 Å². The Hall–Kier alpha value is -2.38. The van der Waals surface area contributed by atoms with E-state index in [4.69, 9.17) is 14.2 Å². The van der Waals surface area contributed by atoms with Gasteiger partial charge in [0.05, 0.1) is 18.8 Å². The minimum atomic E-state index is -1.20. The molecule has 0 bridgehead atoms. The largest absolute Gasteiger partial charge is 0.459 e. The molecular formula is C33H45F3O4. The van der Waals surface area contributed by atoms with Gasteiger partial charge in [0.2, 0.25) is 0 Å². The van der Waals surface area contributed by atoms with Crippen LogP contribution in [-0.2, 0) is 14.2 Å². The number of unbranched alkanes of at least 4 members (excludes halogenated alkanes) is 8. The Morgan fingerprint density at radius 2 is 1.48 bits per heavy atom. The standard InChI is InChI=1S/C33H45F3O4/c1-3-5-7-9-10-11-13-24-21-39-33(40-22-24)29-20-19-28(30(35)31(29)36)25-15-17-26(18-16-25)32(37)38-23-27(34)14-12-8-6-4-2/h15-20,24,27,33H,3-14,21-23H2,1-2H3. The van der Waals surface area contributed by atoms with Gasteiger partial charge in [0, 0.05) is 17.0 Å². The number of rotatable bonds is 17. The Morgan fingerprint density at radius 3 is 2.15 bits per heavy atom. The Kier molecular flexibility index (Phi) is 14.0. The van der Waals surface area contributed by atoms with Gasteiger partial charge < -0.3 is 14.2 Å². The van der Waals surface area contributed by atoms with E-state index in [1.165, 1.54) is 68.5 Å². The highest BCUT2D eigenvalue weighted by atomic mass is 19.2. The van der Waals surface area contributed by atoms with Crippen LogP contribution in [0.4, 0.5) is 13.2 Å². The van der Waals surface area contributed by atoms with Gasteiger partial charge in [-0.2, -0.15) is 0 Å². The summed E-state index contributed by atoms with van der Waals surface area (Å²) in [7, 11) is 0. The average molecular weight is 563 g/mol. The maximum atomic E-state index is 15.1. The summed E-state index contributed by atoms with van der Waals surface area (Å²) < 4.78 is 60.7. The first-order valence-corrected chi connectivity index (χ1v) is 15.1. The molecule has 1 atom stereocenters. The fourth-order valence-corrected chi connectivity index (χ4v) is 4.98. The van der Waals surface area contributed by atoms with Gasteiger partial charge in [-0.3, -0.25) is 0 Å². The summed E-state index contributed by atoms with van der Waals surface area (Å²) >= 11 is 0. The Balaban J connectivity index is 1.49. The zero-order valence-electron chi connectivity index (χ0n) is 24.1. The average Bonchev–Trinajstić information content (AvgIpc) is 2.98. The zero-order chi connectivity index (χ0) is 28.7. The summed E-state index contributed by atoms with van der Waals surface area (Å²) in [5.74, 6) is -2.39. The number of alkyl halides is 1. The van der Waals surface area contributed by atoms with Crippen LogP contribution in [0.25, 0.3) is 11.1 Å². The predicted octanol–water partition coefficient (Wildman–Crippen LogP) is 9.51. The molecule has 0 amide bonds. The molecule has 7 heteroatoms. The van der Waals surface area contributed by atoms with Crippen LogP contribution in [0.3, 0.4) is 0 Å². The molecule has 0 aliphatic carbocycles. The fraction of sp³-hybridized carbons (Fsp3) is 0.606. The van der Waals surface area contributed by atoms with E-state index in [1.807, 2.05) is 0 Å². The van der Waals surface area contributed by atoms with Crippen molar-refractivity contribution in [2.45, 2.75) is 103 Å². The van der Waals surface area contributed by atoms with Crippen LogP contribution in [-0.4, -0.2) is 32.0 Å². The topological polar surface area (TPSA) is 44.8 Å². The van der Waals surface area contributed by atoms with Crippen molar-refractivity contribution in [1.29, 1.82) is 0 Å². The summed E-state index contributed by atoms with van der Waals surface area (Å²) in [6, 6.07) is 8.95. The number of benzene rings is 2. The number of hydrogen-bond acceptors (Lipinski definition) is 4. The van der Waals surface area contributed by atoms with Crippen LogP contribution in [0.15, 0.2) is 36.4 Å². The molecular weight excluding hydrogens is 517 g/mol. The SMILES string of the molecule is CCCCCCCCC1COC(c2ccc(-c3ccc(C(=O)OCC(F)CCCCCC)cc3)c(F)c2F)OC1. The van der Waals surface area contributed by atoms with Crippen LogP contribution in [0.1, 0.15) is 113 Å². The molecule has 40 heavy (non-hydrogen) atoms. The maximum Gasteiger partial charge on any atom is 0.338 e. The first-order chi connectivity index (χ1) is 19.4. The molecule has 0 aromatic heterocycles. The lowest BCUT2D eigenvalue weighted by molar-refractivity contribution is -0.207. The summed E-state index contributed by atoms with van der Waals surface area (Å²) in [6.45, 7) is 4.92. The monoisotopic (exact) mass is 562 g/mol. The van der Waals surface area contributed by atoms with Crippen molar-refractivity contribution in [3.8, 4) is 11.1 Å². The second-order valence-corrected chi connectivity index (χ2v) is 10.9. The quantitative estimate of drug-likeness (QED) is 0.142. The first kappa shape index (κ1) is 32.1. The minimum Gasteiger partial charge on any atom is -0.459 e. The zero-order valence-corrected chi connectivity index (χ0v) is 24.1. The van der Waals surface area contributed by atoms with Crippen molar-refractivity contribution < 1.29 is 32.2 Å². The van der Waals surface area contributed by atoms with Gasteiger partial charge in [-0.25, -0.2) is 18.0 Å². The lowest BCUT2D eigenvalue weighted by Gasteiger charge is -2.30. The van der Waals surface area contributed by atoms with E-state index in [0.717, 1.165) is 38.5 Å². The summed E-state index contributed by atoms with van der Waals surface area (Å²) in [6.07, 6.45) is 10.4. The van der Waals surface area contributed by atoms with Gasteiger partial charge in [0.15, 0.2) is 17.9 Å². The smallest absolute Gasteiger partial charge is 0.338 e. The highest BCUT2D eigenvalue weighted by molar-refractivity contribution is 5.90. The number of hydrogen-bond donors (Lipinski definition) is 0. The van der Waals surface area contributed by atoms with Gasteiger partial charge in [-0.15, -0.1) is 0 Å². The van der Waals surface area contributed by atoms with E-state index in [1.54, 1.807) is 0 Å². The Bertz CT molecular complexity index is 1020. The van der Waals surface area contributed by atoms with Crippen LogP contribution in [0.2, 0.25) is 0 Å². The van der Waals surface area contributed by atoms with Gasteiger partial charge in [-0.1, -0.05) is 102 Å². The van der Waals surface area contributed by atoms with E-state index in [0.29, 0.717) is 25.2 Å². The van der Waals surface area contributed by atoms with Crippen molar-refractivity contribution in [3.63, 3.8) is 0 Å². The molecule has 1 aliphatic heterocycles. The van der Waals surface area contributed by atoms with Crippen molar-refractivity contribution in [2.24, 2.45) is 5.92 Å². The van der Waals surface area contributed by atoms with Crippen LogP contribution >= 0.6 is 0 Å². The molecule has 2 aromatic rings. The molecule has 1 unspecified atom stereocenters. The minimum absolute atomic E-state index is 0.0370. The normalized spacial score (nSPS) is 18.0. The molecule has 1 aliphatic rings. The molecule has 0 saturated carbocycles. The first-order valence-electron chi connectivity index (χ1n) is 15.1. The Labute approximate surface area is 237 Å². The van der Waals surface area contributed by atoms with Gasteiger partial charge in [-0.05, 0) is 30.5 Å². The van der Waals surface area contributed by atoms with Gasteiger partial charge in [0.25, 0.3) is 0 Å². The second-order valence-electron chi connectivity index (χ2n) is 10.9. The maximum absolute atomic E-state index is 15.1. The van der Waals surface area contributed by atoms with Crippen molar-refractivity contribution in [1.82, 2.24) is 0 Å². The molecule has 2 aromatic carbocycles. The predicted molar refractivity (Wildman–Crippen MR) is 152 cm³/mol. The number of carbonyl (C=O) groups excluding carboxylic acids is 1. The number of halogens is 3. The lowest BCUT2D eigenvalue weighted by Crippen LogP contribution is -2.27. The molecule has 0 spiro atoms. The summed E-state index contributed by atoms with van der Waals surface area (Å²) in [4.78, 5) is 12.3. The van der Waals surface area contributed by atoms with Crippen molar-refractivity contribution >= 4 is 5.97 Å². The Morgan fingerprint density at radius 1 is 0.850 bits per heavy atom. The molecule has 4 nitrogen and oxygen atoms in total. The molecule has 3 rings (SSSR count). The van der Waals surface area contributed by atoms with E-state index in [9.17, 15) is 9.18 Å². The van der Waals surface area contributed by atoms with Crippen molar-refractivity contribution in [3.05, 3.63) is 59.2 Å². The van der Waals surface area contributed by atoms with Gasteiger partial charge >= 0.3 is 5.97 Å². The highest BCUT2D eigenvalue weighted by Crippen LogP contribution is 2.33. The molecule has 0 radical (unpaired) electrons. The summed E-state index contributed by atoms with van der Waals surface area (Å²) in [5.41, 5.74) is 0.728. The third-order valence-corrected chi connectivity index (χ3v) is 7.50. The van der Waals surface area contributed by atoms with E-state index < -0.39 is 30.1 Å². The molecule has 1 saturated heterocycles. The molecule has 0 N–H and O–H groups in total. The molecule has 1 fully saturated rings. The second kappa shape index (κ2) is 17.4. The van der Waals surface area contributed by atoms with Gasteiger partial charge in [0.1, 0.15) is 12.8 Å². The highest BCUT2D eigenvalue weighted by Gasteiger charge is 2.28. The summed E-state index contributed by atoms with van der Waals surface area (Å²) in [5, 5.41) is 0. The number of ether oxygens (including phenoxy) is 3. The number of esters is 1.